The monoisotopic (exact) mass is 431 g/mol. The highest BCUT2D eigenvalue weighted by atomic mass is 16.5. The number of aromatic nitrogens is 2. The summed E-state index contributed by atoms with van der Waals surface area (Å²) in [6.45, 7) is 2.48. The lowest BCUT2D eigenvalue weighted by Crippen LogP contribution is -2.27. The van der Waals surface area contributed by atoms with Gasteiger partial charge in [0.1, 0.15) is 11.4 Å². The highest BCUT2D eigenvalue weighted by Gasteiger charge is 2.18. The fraction of sp³-hybridized carbons (Fsp3) is 0.200. The van der Waals surface area contributed by atoms with Gasteiger partial charge >= 0.3 is 0 Å². The first-order chi connectivity index (χ1) is 15.6. The number of aryl methyl sites for hydroxylation is 1. The summed E-state index contributed by atoms with van der Waals surface area (Å²) in [6, 6.07) is 18.9. The number of ether oxygens (including phenoxy) is 2. The molecule has 0 aliphatic carbocycles. The van der Waals surface area contributed by atoms with E-state index in [0.29, 0.717) is 41.6 Å². The van der Waals surface area contributed by atoms with E-state index < -0.39 is 0 Å². The molecule has 164 valence electrons. The summed E-state index contributed by atoms with van der Waals surface area (Å²) in [5.74, 6) is 1.73. The van der Waals surface area contributed by atoms with E-state index in [1.54, 1.807) is 37.3 Å². The molecule has 0 saturated carbocycles. The van der Waals surface area contributed by atoms with Crippen LogP contribution in [-0.2, 0) is 6.42 Å². The molecule has 4 rings (SSSR count). The molecule has 1 N–H and O–H groups in total. The number of rotatable bonds is 8. The van der Waals surface area contributed by atoms with Crippen LogP contribution in [0.25, 0.3) is 17.1 Å². The molecule has 7 heteroatoms. The maximum atomic E-state index is 13.1. The summed E-state index contributed by atoms with van der Waals surface area (Å²) in [4.78, 5) is 13.1. The first-order valence-corrected chi connectivity index (χ1v) is 10.3. The molecule has 0 aliphatic rings. The van der Waals surface area contributed by atoms with Gasteiger partial charge in [0, 0.05) is 12.6 Å². The molecule has 2 heterocycles. The largest absolute Gasteiger partial charge is 0.493 e. The van der Waals surface area contributed by atoms with E-state index >= 15 is 0 Å². The number of amides is 1. The number of nitrogens with one attached hydrogen (secondary N) is 1. The molecule has 0 aliphatic heterocycles. The third kappa shape index (κ3) is 4.51. The molecule has 32 heavy (non-hydrogen) atoms. The molecule has 0 bridgehead atoms. The average molecular weight is 431 g/mol. The maximum absolute atomic E-state index is 13.1. The second-order valence-corrected chi connectivity index (χ2v) is 7.33. The van der Waals surface area contributed by atoms with Crippen molar-refractivity contribution in [1.82, 2.24) is 15.1 Å². The molecule has 7 nitrogen and oxygen atoms in total. The summed E-state index contributed by atoms with van der Waals surface area (Å²) in [5, 5.41) is 7.60. The number of carbonyl (C=O) groups is 1. The molecule has 0 spiro atoms. The summed E-state index contributed by atoms with van der Waals surface area (Å²) < 4.78 is 17.7. The van der Waals surface area contributed by atoms with Gasteiger partial charge in [-0.2, -0.15) is 5.10 Å². The van der Waals surface area contributed by atoms with E-state index in [9.17, 15) is 4.79 Å². The molecule has 1 amide bonds. The van der Waals surface area contributed by atoms with E-state index in [-0.39, 0.29) is 5.91 Å². The van der Waals surface area contributed by atoms with Gasteiger partial charge in [0.25, 0.3) is 5.91 Å². The fourth-order valence-corrected chi connectivity index (χ4v) is 3.42. The summed E-state index contributed by atoms with van der Waals surface area (Å²) >= 11 is 0. The molecule has 2 aromatic carbocycles. The summed E-state index contributed by atoms with van der Waals surface area (Å²) in [6.07, 6.45) is 2.24. The zero-order valence-corrected chi connectivity index (χ0v) is 18.3. The smallest absolute Gasteiger partial charge is 0.270 e. The summed E-state index contributed by atoms with van der Waals surface area (Å²) in [5.41, 5.74) is 4.01. The van der Waals surface area contributed by atoms with Gasteiger partial charge < -0.3 is 19.2 Å². The van der Waals surface area contributed by atoms with Gasteiger partial charge in [0.15, 0.2) is 17.3 Å². The third-order valence-corrected chi connectivity index (χ3v) is 5.14. The second-order valence-electron chi connectivity index (χ2n) is 7.33. The van der Waals surface area contributed by atoms with Gasteiger partial charge in [-0.15, -0.1) is 0 Å². The average Bonchev–Trinajstić information content (AvgIpc) is 3.49. The Bertz CT molecular complexity index is 1190. The maximum Gasteiger partial charge on any atom is 0.270 e. The van der Waals surface area contributed by atoms with Crippen LogP contribution in [0.15, 0.2) is 71.3 Å². The molecule has 2 aromatic heterocycles. The number of hydrogen-bond donors (Lipinski definition) is 1. The van der Waals surface area contributed by atoms with Gasteiger partial charge in [-0.25, -0.2) is 4.68 Å². The van der Waals surface area contributed by atoms with E-state index in [4.69, 9.17) is 13.9 Å². The van der Waals surface area contributed by atoms with Crippen LogP contribution in [0.1, 0.15) is 21.6 Å². The van der Waals surface area contributed by atoms with Crippen LogP contribution < -0.4 is 14.8 Å². The minimum Gasteiger partial charge on any atom is -0.493 e. The minimum absolute atomic E-state index is 0.212. The predicted octanol–water partition coefficient (Wildman–Crippen LogP) is 4.43. The van der Waals surface area contributed by atoms with Gasteiger partial charge in [0.05, 0.1) is 26.2 Å². The van der Waals surface area contributed by atoms with E-state index in [1.807, 2.05) is 55.5 Å². The second kappa shape index (κ2) is 9.43. The van der Waals surface area contributed by atoms with Crippen molar-refractivity contribution in [1.29, 1.82) is 0 Å². The molecule has 4 aromatic rings. The molecule has 0 fully saturated rings. The van der Waals surface area contributed by atoms with Crippen molar-refractivity contribution in [2.24, 2.45) is 0 Å². The lowest BCUT2D eigenvalue weighted by molar-refractivity contribution is 0.0946. The quantitative estimate of drug-likeness (QED) is 0.447. The Balaban J connectivity index is 1.53. The van der Waals surface area contributed by atoms with Crippen LogP contribution >= 0.6 is 0 Å². The molecule has 0 atom stereocenters. The SMILES string of the molecule is COc1ccc(CCNC(=O)c2cc(-c3ccco3)nn2-c2ccc(C)cc2)cc1OC. The van der Waals surface area contributed by atoms with Crippen molar-refractivity contribution >= 4 is 5.91 Å². The van der Waals surface area contributed by atoms with Crippen molar-refractivity contribution < 1.29 is 18.7 Å². The predicted molar refractivity (Wildman–Crippen MR) is 122 cm³/mol. The molecule has 0 unspecified atom stereocenters. The number of hydrogen-bond acceptors (Lipinski definition) is 5. The molecular weight excluding hydrogens is 406 g/mol. The Morgan fingerprint density at radius 1 is 1.03 bits per heavy atom. The Labute approximate surface area is 186 Å². The van der Waals surface area contributed by atoms with Crippen molar-refractivity contribution in [2.75, 3.05) is 20.8 Å². The Kier molecular flexibility index (Phi) is 6.26. The Morgan fingerprint density at radius 3 is 2.50 bits per heavy atom. The van der Waals surface area contributed by atoms with E-state index in [0.717, 1.165) is 16.8 Å². The third-order valence-electron chi connectivity index (χ3n) is 5.14. The lowest BCUT2D eigenvalue weighted by atomic mass is 10.1. The van der Waals surface area contributed by atoms with Gasteiger partial charge in [-0.1, -0.05) is 23.8 Å². The first-order valence-electron chi connectivity index (χ1n) is 10.3. The Morgan fingerprint density at radius 2 is 1.81 bits per heavy atom. The zero-order valence-electron chi connectivity index (χ0n) is 18.3. The first kappa shape index (κ1) is 21.2. The number of furan rings is 1. The zero-order chi connectivity index (χ0) is 22.5. The molecule has 0 saturated heterocycles. The van der Waals surface area contributed by atoms with Crippen LogP contribution in [0, 0.1) is 6.92 Å². The highest BCUT2D eigenvalue weighted by molar-refractivity contribution is 5.94. The van der Waals surface area contributed by atoms with Crippen LogP contribution in [0.2, 0.25) is 0 Å². The van der Waals surface area contributed by atoms with E-state index in [1.165, 1.54) is 0 Å². The van der Waals surface area contributed by atoms with Gasteiger partial charge in [-0.3, -0.25) is 4.79 Å². The van der Waals surface area contributed by atoms with Crippen molar-refractivity contribution in [3.05, 3.63) is 83.7 Å². The van der Waals surface area contributed by atoms with Crippen LogP contribution in [0.4, 0.5) is 0 Å². The van der Waals surface area contributed by atoms with E-state index in [2.05, 4.69) is 10.4 Å². The standard InChI is InChI=1S/C25H25N3O4/c1-17-6-9-19(10-7-17)28-21(16-20(27-28)22-5-4-14-32-22)25(29)26-13-12-18-8-11-23(30-2)24(15-18)31-3/h4-11,14-16H,12-13H2,1-3H3,(H,26,29). The lowest BCUT2D eigenvalue weighted by Gasteiger charge is -2.11. The summed E-state index contributed by atoms with van der Waals surface area (Å²) in [7, 11) is 3.21. The molecule has 0 radical (unpaired) electrons. The van der Waals surface area contributed by atoms with Crippen molar-refractivity contribution in [3.8, 4) is 28.6 Å². The van der Waals surface area contributed by atoms with Gasteiger partial charge in [-0.05, 0) is 55.3 Å². The van der Waals surface area contributed by atoms with Crippen molar-refractivity contribution in [2.45, 2.75) is 13.3 Å². The highest BCUT2D eigenvalue weighted by Crippen LogP contribution is 2.27. The number of methoxy groups -OCH3 is 2. The fourth-order valence-electron chi connectivity index (χ4n) is 3.42. The van der Waals surface area contributed by atoms with Crippen LogP contribution in [0.3, 0.4) is 0 Å². The normalized spacial score (nSPS) is 10.7. The van der Waals surface area contributed by atoms with Crippen LogP contribution in [0.5, 0.6) is 11.5 Å². The molecular formula is C25H25N3O4. The Hall–Kier alpha value is -4.00. The van der Waals surface area contributed by atoms with Crippen molar-refractivity contribution in [3.63, 3.8) is 0 Å². The van der Waals surface area contributed by atoms with Crippen LogP contribution in [-0.4, -0.2) is 36.5 Å². The minimum atomic E-state index is -0.212. The topological polar surface area (TPSA) is 78.5 Å². The number of carbonyl (C=O) groups excluding carboxylic acids is 1. The number of nitrogens with zero attached hydrogens (tertiary/aromatic N) is 2. The number of benzene rings is 2. The van der Waals surface area contributed by atoms with Gasteiger partial charge in [0.2, 0.25) is 0 Å².